The van der Waals surface area contributed by atoms with Gasteiger partial charge in [-0.1, -0.05) is 0 Å². The molecule has 0 atom stereocenters. The SMILES string of the molecule is Cc1cc(Nc2ccc(S(=O)(=O)n3c(C)c(CC(=O)O)c4cc(F)ccc43)cn2)nc(C)n1. The Morgan fingerprint density at radius 1 is 1.09 bits per heavy atom. The van der Waals surface area contributed by atoms with Gasteiger partial charge in [-0.05, 0) is 56.7 Å². The zero-order valence-electron chi connectivity index (χ0n) is 18.0. The van der Waals surface area contributed by atoms with Crippen LogP contribution in [0.4, 0.5) is 16.0 Å². The first kappa shape index (κ1) is 22.3. The lowest BCUT2D eigenvalue weighted by Gasteiger charge is -2.11. The van der Waals surface area contributed by atoms with Gasteiger partial charge in [0.1, 0.15) is 28.2 Å². The van der Waals surface area contributed by atoms with Crippen molar-refractivity contribution in [3.63, 3.8) is 0 Å². The Morgan fingerprint density at radius 3 is 2.48 bits per heavy atom. The highest BCUT2D eigenvalue weighted by molar-refractivity contribution is 7.90. The lowest BCUT2D eigenvalue weighted by molar-refractivity contribution is -0.136. The molecule has 0 radical (unpaired) electrons. The summed E-state index contributed by atoms with van der Waals surface area (Å²) >= 11 is 0. The van der Waals surface area contributed by atoms with Crippen LogP contribution in [-0.4, -0.2) is 38.4 Å². The van der Waals surface area contributed by atoms with Crippen molar-refractivity contribution >= 4 is 38.5 Å². The largest absolute Gasteiger partial charge is 0.481 e. The third-order valence-corrected chi connectivity index (χ3v) is 6.86. The van der Waals surface area contributed by atoms with Crippen LogP contribution in [0.25, 0.3) is 10.9 Å². The number of carboxylic acid groups (broad SMARTS) is 1. The number of fused-ring (bicyclic) bond motifs is 1. The van der Waals surface area contributed by atoms with Gasteiger partial charge in [0.2, 0.25) is 0 Å². The average Bonchev–Trinajstić information content (AvgIpc) is 2.99. The fourth-order valence-corrected chi connectivity index (χ4v) is 5.26. The van der Waals surface area contributed by atoms with Gasteiger partial charge in [-0.2, -0.15) is 0 Å². The van der Waals surface area contributed by atoms with Crippen molar-refractivity contribution in [1.29, 1.82) is 0 Å². The molecule has 0 fully saturated rings. The van der Waals surface area contributed by atoms with Gasteiger partial charge in [0.25, 0.3) is 10.0 Å². The van der Waals surface area contributed by atoms with Crippen molar-refractivity contribution < 1.29 is 22.7 Å². The Morgan fingerprint density at radius 2 is 1.85 bits per heavy atom. The fourth-order valence-electron chi connectivity index (χ4n) is 3.73. The van der Waals surface area contributed by atoms with Crippen molar-refractivity contribution in [2.45, 2.75) is 32.1 Å². The van der Waals surface area contributed by atoms with Crippen LogP contribution < -0.4 is 5.32 Å². The third kappa shape index (κ3) is 4.27. The molecule has 0 aliphatic heterocycles. The number of carboxylic acids is 1. The average molecular weight is 469 g/mol. The molecule has 33 heavy (non-hydrogen) atoms. The summed E-state index contributed by atoms with van der Waals surface area (Å²) in [7, 11) is -4.14. The van der Waals surface area contributed by atoms with Crippen molar-refractivity contribution in [3.8, 4) is 0 Å². The maximum atomic E-state index is 13.9. The topological polar surface area (TPSA) is 127 Å². The number of halogens is 1. The summed E-state index contributed by atoms with van der Waals surface area (Å²) in [4.78, 5) is 23.9. The molecular formula is C22H20FN5O4S. The number of rotatable bonds is 6. The molecule has 170 valence electrons. The first-order valence-corrected chi connectivity index (χ1v) is 11.3. The number of hydrogen-bond donors (Lipinski definition) is 2. The third-order valence-electron chi connectivity index (χ3n) is 5.07. The smallest absolute Gasteiger partial charge is 0.307 e. The molecule has 11 heteroatoms. The van der Waals surface area contributed by atoms with Gasteiger partial charge in [-0.3, -0.25) is 4.79 Å². The van der Waals surface area contributed by atoms with E-state index in [4.69, 9.17) is 0 Å². The predicted molar refractivity (Wildman–Crippen MR) is 120 cm³/mol. The van der Waals surface area contributed by atoms with Gasteiger partial charge in [0.05, 0.1) is 11.9 Å². The number of carbonyl (C=O) groups is 1. The number of nitrogens with zero attached hydrogens (tertiary/aromatic N) is 4. The van der Waals surface area contributed by atoms with Gasteiger partial charge in [0, 0.05) is 29.0 Å². The lowest BCUT2D eigenvalue weighted by Crippen LogP contribution is -2.15. The molecule has 3 heterocycles. The lowest BCUT2D eigenvalue weighted by atomic mass is 10.1. The summed E-state index contributed by atoms with van der Waals surface area (Å²) in [6.45, 7) is 5.09. The Hall–Kier alpha value is -3.86. The molecule has 2 N–H and O–H groups in total. The van der Waals surface area contributed by atoms with Gasteiger partial charge >= 0.3 is 5.97 Å². The van der Waals surface area contributed by atoms with Crippen molar-refractivity contribution in [3.05, 3.63) is 71.2 Å². The van der Waals surface area contributed by atoms with E-state index in [2.05, 4.69) is 20.3 Å². The highest BCUT2D eigenvalue weighted by Gasteiger charge is 2.26. The number of pyridine rings is 1. The molecule has 0 aliphatic rings. The number of aromatic nitrogens is 4. The molecule has 1 aromatic carbocycles. The highest BCUT2D eigenvalue weighted by atomic mass is 32.2. The summed E-state index contributed by atoms with van der Waals surface area (Å²) in [5.74, 6) is -0.243. The fraction of sp³-hybridized carbons (Fsp3) is 0.182. The minimum Gasteiger partial charge on any atom is -0.481 e. The molecule has 0 saturated carbocycles. The van der Waals surface area contributed by atoms with E-state index in [0.717, 1.165) is 21.8 Å². The first-order chi connectivity index (χ1) is 15.6. The van der Waals surface area contributed by atoms with Crippen LogP contribution in [0.5, 0.6) is 0 Å². The molecule has 3 aromatic heterocycles. The van der Waals surface area contributed by atoms with Crippen LogP contribution in [0.2, 0.25) is 0 Å². The minimum atomic E-state index is -4.14. The molecule has 0 spiro atoms. The van der Waals surface area contributed by atoms with Gasteiger partial charge in [-0.25, -0.2) is 31.7 Å². The summed E-state index contributed by atoms with van der Waals surface area (Å²) in [5.41, 5.74) is 1.40. The second kappa shape index (κ2) is 8.24. The number of hydrogen-bond acceptors (Lipinski definition) is 7. The quantitative estimate of drug-likeness (QED) is 0.439. The molecule has 0 bridgehead atoms. The van der Waals surface area contributed by atoms with E-state index in [1.54, 1.807) is 13.0 Å². The van der Waals surface area contributed by atoms with E-state index in [9.17, 15) is 22.7 Å². The maximum Gasteiger partial charge on any atom is 0.307 e. The van der Waals surface area contributed by atoms with Gasteiger partial charge in [0.15, 0.2) is 0 Å². The van der Waals surface area contributed by atoms with Crippen molar-refractivity contribution in [2.24, 2.45) is 0 Å². The van der Waals surface area contributed by atoms with Crippen LogP contribution in [0.15, 0.2) is 47.5 Å². The molecule has 0 saturated heterocycles. The molecule has 9 nitrogen and oxygen atoms in total. The van der Waals surface area contributed by atoms with E-state index in [1.165, 1.54) is 31.3 Å². The van der Waals surface area contributed by atoms with Crippen LogP contribution >= 0.6 is 0 Å². The van der Waals surface area contributed by atoms with Gasteiger partial charge in [-0.15, -0.1) is 0 Å². The second-order valence-electron chi connectivity index (χ2n) is 7.51. The summed E-state index contributed by atoms with van der Waals surface area (Å²) < 4.78 is 41.8. The normalized spacial score (nSPS) is 11.6. The maximum absolute atomic E-state index is 13.9. The van der Waals surface area contributed by atoms with Crippen LogP contribution in [0, 0.1) is 26.6 Å². The van der Waals surface area contributed by atoms with E-state index in [1.807, 2.05) is 6.92 Å². The number of aliphatic carboxylic acids is 1. The summed E-state index contributed by atoms with van der Waals surface area (Å²) in [6.07, 6.45) is 0.761. The zero-order chi connectivity index (χ0) is 23.9. The number of benzene rings is 1. The summed E-state index contributed by atoms with van der Waals surface area (Å²) in [5, 5.41) is 12.5. The van der Waals surface area contributed by atoms with E-state index in [0.29, 0.717) is 17.5 Å². The number of aryl methyl sites for hydroxylation is 2. The Balaban J connectivity index is 1.75. The van der Waals surface area contributed by atoms with Crippen molar-refractivity contribution in [2.75, 3.05) is 5.32 Å². The predicted octanol–water partition coefficient (Wildman–Crippen LogP) is 3.50. The molecule has 0 amide bonds. The van der Waals surface area contributed by atoms with Crippen molar-refractivity contribution in [1.82, 2.24) is 18.9 Å². The monoisotopic (exact) mass is 469 g/mol. The molecule has 0 aliphatic carbocycles. The van der Waals surface area contributed by atoms with E-state index >= 15 is 0 Å². The molecule has 4 rings (SSSR count). The molecule has 4 aromatic rings. The minimum absolute atomic E-state index is 0.103. The van der Waals surface area contributed by atoms with E-state index in [-0.39, 0.29) is 27.1 Å². The Bertz CT molecular complexity index is 1480. The Labute approximate surface area is 189 Å². The van der Waals surface area contributed by atoms with Crippen LogP contribution in [-0.2, 0) is 21.2 Å². The molecular weight excluding hydrogens is 449 g/mol. The van der Waals surface area contributed by atoms with Gasteiger partial charge < -0.3 is 10.4 Å². The number of nitrogens with one attached hydrogen (secondary N) is 1. The molecule has 0 unspecified atom stereocenters. The highest BCUT2D eigenvalue weighted by Crippen LogP contribution is 2.31. The summed E-state index contributed by atoms with van der Waals surface area (Å²) in [6, 6.07) is 8.22. The first-order valence-electron chi connectivity index (χ1n) is 9.88. The van der Waals surface area contributed by atoms with Crippen LogP contribution in [0.1, 0.15) is 22.8 Å². The number of anilines is 2. The van der Waals surface area contributed by atoms with Crippen LogP contribution in [0.3, 0.4) is 0 Å². The Kier molecular flexibility index (Phi) is 5.58. The standard InChI is InChI=1S/C22H20FN5O4S/c1-12-8-21(26-14(3)25-12)27-20-7-5-16(11-24-20)33(31,32)28-13(2)17(10-22(29)30)18-9-15(23)4-6-19(18)28/h4-9,11H,10H2,1-3H3,(H,29,30)(H,24,25,26,27). The van der Waals surface area contributed by atoms with E-state index < -0.39 is 28.2 Å². The zero-order valence-corrected chi connectivity index (χ0v) is 18.8. The second-order valence-corrected chi connectivity index (χ2v) is 9.30.